The van der Waals surface area contributed by atoms with Crippen molar-refractivity contribution < 1.29 is 9.26 Å². The van der Waals surface area contributed by atoms with Gasteiger partial charge in [-0.3, -0.25) is 0 Å². The number of halogens is 1. The molecule has 2 N–H and O–H groups in total. The number of thiophene rings is 1. The second kappa shape index (κ2) is 5.30. The molecule has 3 aromatic rings. The van der Waals surface area contributed by atoms with Gasteiger partial charge in [-0.15, -0.1) is 11.3 Å². The summed E-state index contributed by atoms with van der Waals surface area (Å²) >= 11 is 5.04. The van der Waals surface area contributed by atoms with E-state index in [0.29, 0.717) is 5.88 Å². The molecule has 0 aliphatic heterocycles. The Labute approximate surface area is 128 Å². The van der Waals surface area contributed by atoms with Crippen LogP contribution in [0.1, 0.15) is 0 Å². The second-order valence-electron chi connectivity index (χ2n) is 4.14. The average Bonchev–Trinajstić information content (AvgIpc) is 3.05. The number of aromatic nitrogens is 1. The van der Waals surface area contributed by atoms with Crippen molar-refractivity contribution in [2.24, 2.45) is 0 Å². The van der Waals surface area contributed by atoms with Crippen LogP contribution in [-0.2, 0) is 0 Å². The van der Waals surface area contributed by atoms with Crippen molar-refractivity contribution in [2.75, 3.05) is 12.8 Å². The maximum Gasteiger partial charge on any atom is 0.230 e. The van der Waals surface area contributed by atoms with Gasteiger partial charge in [0, 0.05) is 10.9 Å². The minimum Gasteiger partial charge on any atom is -0.497 e. The molecule has 0 atom stereocenters. The van der Waals surface area contributed by atoms with Crippen molar-refractivity contribution in [1.82, 2.24) is 5.16 Å². The van der Waals surface area contributed by atoms with E-state index in [1.165, 1.54) is 0 Å². The van der Waals surface area contributed by atoms with Crippen LogP contribution in [0.2, 0.25) is 0 Å². The number of rotatable bonds is 3. The van der Waals surface area contributed by atoms with Gasteiger partial charge in [-0.05, 0) is 39.7 Å². The van der Waals surface area contributed by atoms with Gasteiger partial charge < -0.3 is 15.0 Å². The molecule has 0 amide bonds. The monoisotopic (exact) mass is 350 g/mol. The van der Waals surface area contributed by atoms with E-state index < -0.39 is 0 Å². The SMILES string of the molecule is COc1cccc(-c2c(-c3csc(Br)c3)noc2N)c1. The highest BCUT2D eigenvalue weighted by atomic mass is 79.9. The number of nitrogens with zero attached hydrogens (tertiary/aromatic N) is 1. The molecule has 0 unspecified atom stereocenters. The van der Waals surface area contributed by atoms with E-state index in [4.69, 9.17) is 15.0 Å². The Bertz CT molecular complexity index is 751. The van der Waals surface area contributed by atoms with Crippen LogP contribution >= 0.6 is 27.3 Å². The lowest BCUT2D eigenvalue weighted by Crippen LogP contribution is -1.88. The molecule has 2 heterocycles. The van der Waals surface area contributed by atoms with E-state index in [9.17, 15) is 0 Å². The van der Waals surface area contributed by atoms with E-state index in [1.807, 2.05) is 35.7 Å². The third-order valence-corrected chi connectivity index (χ3v) is 4.42. The molecule has 2 aromatic heterocycles. The Balaban J connectivity index is 2.15. The van der Waals surface area contributed by atoms with Gasteiger partial charge in [0.25, 0.3) is 0 Å². The van der Waals surface area contributed by atoms with Crippen LogP contribution in [0, 0.1) is 0 Å². The van der Waals surface area contributed by atoms with Crippen molar-refractivity contribution in [3.8, 4) is 28.1 Å². The molecule has 4 nitrogen and oxygen atoms in total. The van der Waals surface area contributed by atoms with Crippen LogP contribution < -0.4 is 10.5 Å². The summed E-state index contributed by atoms with van der Waals surface area (Å²) in [7, 11) is 1.63. The number of nitrogens with two attached hydrogens (primary N) is 1. The Morgan fingerprint density at radius 2 is 2.15 bits per heavy atom. The van der Waals surface area contributed by atoms with Crippen LogP contribution in [0.5, 0.6) is 5.75 Å². The van der Waals surface area contributed by atoms with Crippen molar-refractivity contribution in [3.63, 3.8) is 0 Å². The van der Waals surface area contributed by atoms with Crippen LogP contribution in [0.25, 0.3) is 22.4 Å². The summed E-state index contributed by atoms with van der Waals surface area (Å²) in [6, 6.07) is 9.65. The van der Waals surface area contributed by atoms with Crippen LogP contribution in [0.15, 0.2) is 44.0 Å². The lowest BCUT2D eigenvalue weighted by Gasteiger charge is -2.04. The first-order valence-corrected chi connectivity index (χ1v) is 7.50. The van der Waals surface area contributed by atoms with E-state index in [-0.39, 0.29) is 0 Å². The standard InChI is InChI=1S/C14H11BrN2O2S/c1-18-10-4-2-3-8(5-10)12-13(17-19-14(12)16)9-6-11(15)20-7-9/h2-7H,16H2,1H3. The number of benzene rings is 1. The quantitative estimate of drug-likeness (QED) is 0.759. The lowest BCUT2D eigenvalue weighted by atomic mass is 10.0. The minimum atomic E-state index is 0.301. The van der Waals surface area contributed by atoms with E-state index in [1.54, 1.807) is 18.4 Å². The molecule has 0 aliphatic rings. The average molecular weight is 351 g/mol. The zero-order valence-corrected chi connectivity index (χ0v) is 13.0. The lowest BCUT2D eigenvalue weighted by molar-refractivity contribution is 0.415. The van der Waals surface area contributed by atoms with E-state index in [0.717, 1.165) is 31.9 Å². The Morgan fingerprint density at radius 1 is 1.30 bits per heavy atom. The van der Waals surface area contributed by atoms with Gasteiger partial charge in [0.2, 0.25) is 5.88 Å². The molecule has 0 fully saturated rings. The normalized spacial score (nSPS) is 10.7. The van der Waals surface area contributed by atoms with Gasteiger partial charge >= 0.3 is 0 Å². The zero-order valence-electron chi connectivity index (χ0n) is 10.6. The molecular formula is C14H11BrN2O2S. The predicted octanol–water partition coefficient (Wildman–Crippen LogP) is 4.42. The van der Waals surface area contributed by atoms with Crippen molar-refractivity contribution in [3.05, 3.63) is 39.5 Å². The summed E-state index contributed by atoms with van der Waals surface area (Å²) in [5.41, 5.74) is 9.34. The molecule has 0 spiro atoms. The molecule has 0 saturated carbocycles. The Morgan fingerprint density at radius 3 is 2.85 bits per heavy atom. The van der Waals surface area contributed by atoms with Gasteiger partial charge in [0.05, 0.1) is 16.5 Å². The second-order valence-corrected chi connectivity index (χ2v) is 6.43. The molecule has 3 rings (SSSR count). The maximum absolute atomic E-state index is 5.93. The maximum atomic E-state index is 5.93. The van der Waals surface area contributed by atoms with Gasteiger partial charge in [-0.25, -0.2) is 0 Å². The predicted molar refractivity (Wildman–Crippen MR) is 83.9 cm³/mol. The number of hydrogen-bond donors (Lipinski definition) is 1. The van der Waals surface area contributed by atoms with E-state index in [2.05, 4.69) is 21.1 Å². The zero-order chi connectivity index (χ0) is 14.1. The third kappa shape index (κ3) is 2.32. The highest BCUT2D eigenvalue weighted by Gasteiger charge is 2.18. The summed E-state index contributed by atoms with van der Waals surface area (Å²) in [5, 5.41) is 6.08. The summed E-state index contributed by atoms with van der Waals surface area (Å²) in [4.78, 5) is 0. The number of hydrogen-bond acceptors (Lipinski definition) is 5. The molecule has 102 valence electrons. The first-order chi connectivity index (χ1) is 9.69. The Hall–Kier alpha value is -1.79. The fourth-order valence-electron chi connectivity index (χ4n) is 1.99. The number of anilines is 1. The van der Waals surface area contributed by atoms with Crippen LogP contribution in [-0.4, -0.2) is 12.3 Å². The van der Waals surface area contributed by atoms with Gasteiger partial charge in [-0.2, -0.15) is 0 Å². The largest absolute Gasteiger partial charge is 0.497 e. The first kappa shape index (κ1) is 13.2. The first-order valence-electron chi connectivity index (χ1n) is 5.83. The number of ether oxygens (including phenoxy) is 1. The smallest absolute Gasteiger partial charge is 0.230 e. The van der Waals surface area contributed by atoms with Crippen LogP contribution in [0.3, 0.4) is 0 Å². The third-order valence-electron chi connectivity index (χ3n) is 2.92. The van der Waals surface area contributed by atoms with Crippen molar-refractivity contribution in [1.29, 1.82) is 0 Å². The van der Waals surface area contributed by atoms with Crippen molar-refractivity contribution >= 4 is 33.2 Å². The molecule has 20 heavy (non-hydrogen) atoms. The number of nitrogen functional groups attached to an aromatic ring is 1. The van der Waals surface area contributed by atoms with Gasteiger partial charge in [0.15, 0.2) is 0 Å². The van der Waals surface area contributed by atoms with Gasteiger partial charge in [0.1, 0.15) is 11.4 Å². The summed E-state index contributed by atoms with van der Waals surface area (Å²) < 4.78 is 11.4. The molecule has 0 bridgehead atoms. The molecule has 0 saturated heterocycles. The molecule has 6 heteroatoms. The molecule has 0 radical (unpaired) electrons. The summed E-state index contributed by atoms with van der Waals surface area (Å²) in [6.45, 7) is 0. The van der Waals surface area contributed by atoms with Gasteiger partial charge in [-0.1, -0.05) is 17.3 Å². The fraction of sp³-hybridized carbons (Fsp3) is 0.0714. The van der Waals surface area contributed by atoms with E-state index >= 15 is 0 Å². The molecule has 0 aliphatic carbocycles. The molecular weight excluding hydrogens is 340 g/mol. The van der Waals surface area contributed by atoms with Crippen molar-refractivity contribution in [2.45, 2.75) is 0 Å². The Kier molecular flexibility index (Phi) is 3.50. The fourth-order valence-corrected chi connectivity index (χ4v) is 3.13. The minimum absolute atomic E-state index is 0.301. The highest BCUT2D eigenvalue weighted by Crippen LogP contribution is 2.39. The summed E-state index contributed by atoms with van der Waals surface area (Å²) in [6.07, 6.45) is 0. The topological polar surface area (TPSA) is 61.3 Å². The highest BCUT2D eigenvalue weighted by molar-refractivity contribution is 9.11. The molecule has 1 aromatic carbocycles. The number of methoxy groups -OCH3 is 1. The van der Waals surface area contributed by atoms with Crippen LogP contribution in [0.4, 0.5) is 5.88 Å². The summed E-state index contributed by atoms with van der Waals surface area (Å²) in [5.74, 6) is 1.07.